The largest absolute Gasteiger partial charge is 0.320 e. The van der Waals surface area contributed by atoms with E-state index in [1.54, 1.807) is 24.6 Å². The summed E-state index contributed by atoms with van der Waals surface area (Å²) in [4.78, 5) is 24.9. The first kappa shape index (κ1) is 18.5. The zero-order chi connectivity index (χ0) is 19.6. The Morgan fingerprint density at radius 2 is 1.89 bits per heavy atom. The molecule has 3 aromatic rings. The topological polar surface area (TPSA) is 87.8 Å². The average molecular weight is 381 g/mol. The van der Waals surface area contributed by atoms with Crippen molar-refractivity contribution in [2.45, 2.75) is 13.8 Å². The lowest BCUT2D eigenvalue weighted by molar-refractivity contribution is 0.101. The molecule has 0 atom stereocenters. The molecule has 0 bridgehead atoms. The van der Waals surface area contributed by atoms with Crippen LogP contribution in [0.15, 0.2) is 53.3 Å². The predicted octanol–water partition coefficient (Wildman–Crippen LogP) is 3.75. The third-order valence-corrected chi connectivity index (χ3v) is 4.37. The molecule has 1 heterocycles. The van der Waals surface area contributed by atoms with Crippen molar-refractivity contribution in [3.05, 3.63) is 86.3 Å². The van der Waals surface area contributed by atoms with Gasteiger partial charge < -0.3 is 10.7 Å². The highest BCUT2D eigenvalue weighted by atomic mass is 35.5. The van der Waals surface area contributed by atoms with Crippen molar-refractivity contribution < 1.29 is 4.79 Å². The Balaban J connectivity index is 1.98. The van der Waals surface area contributed by atoms with E-state index in [9.17, 15) is 9.59 Å². The summed E-state index contributed by atoms with van der Waals surface area (Å²) in [6, 6.07) is 13.9. The van der Waals surface area contributed by atoms with Gasteiger partial charge in [0.25, 0.3) is 5.91 Å². The van der Waals surface area contributed by atoms with E-state index in [2.05, 4.69) is 10.4 Å². The maximum Gasteiger partial charge on any atom is 0.280 e. The highest BCUT2D eigenvalue weighted by molar-refractivity contribution is 6.33. The number of aryl methyl sites for hydroxylation is 2. The van der Waals surface area contributed by atoms with Gasteiger partial charge in [0.1, 0.15) is 0 Å². The molecule has 2 aromatic carbocycles. The van der Waals surface area contributed by atoms with E-state index in [4.69, 9.17) is 17.0 Å². The molecule has 3 rings (SSSR count). The van der Waals surface area contributed by atoms with Crippen LogP contribution in [0, 0.1) is 19.3 Å². The third-order valence-electron chi connectivity index (χ3n) is 4.06. The Morgan fingerprint density at radius 1 is 1.19 bits per heavy atom. The van der Waals surface area contributed by atoms with Crippen LogP contribution in [0.2, 0.25) is 5.02 Å². The first-order chi connectivity index (χ1) is 12.9. The molecule has 27 heavy (non-hydrogen) atoms. The van der Waals surface area contributed by atoms with Crippen LogP contribution in [0.1, 0.15) is 27.3 Å². The number of hydrogen-bond donors (Lipinski definition) is 2. The van der Waals surface area contributed by atoms with Crippen molar-refractivity contribution >= 4 is 29.4 Å². The van der Waals surface area contributed by atoms with Crippen molar-refractivity contribution in [1.82, 2.24) is 9.78 Å². The molecule has 7 heteroatoms. The lowest BCUT2D eigenvalue weighted by atomic mass is 10.1. The number of amides is 1. The number of para-hydroxylation sites is 1. The first-order valence-corrected chi connectivity index (χ1v) is 8.57. The second-order valence-corrected chi connectivity index (χ2v) is 6.44. The highest BCUT2D eigenvalue weighted by Crippen LogP contribution is 2.23. The molecule has 0 saturated heterocycles. The van der Waals surface area contributed by atoms with Crippen LogP contribution in [-0.2, 0) is 0 Å². The van der Waals surface area contributed by atoms with Crippen LogP contribution in [-0.4, -0.2) is 21.9 Å². The second kappa shape index (κ2) is 7.55. The van der Waals surface area contributed by atoms with Gasteiger partial charge in [-0.2, -0.15) is 5.10 Å². The first-order valence-electron chi connectivity index (χ1n) is 8.19. The number of halogens is 1. The highest BCUT2D eigenvalue weighted by Gasteiger charge is 2.16. The fourth-order valence-corrected chi connectivity index (χ4v) is 3.06. The smallest absolute Gasteiger partial charge is 0.280 e. The second-order valence-electron chi connectivity index (χ2n) is 6.03. The summed E-state index contributed by atoms with van der Waals surface area (Å²) in [5.41, 5.74) is 2.45. The quantitative estimate of drug-likeness (QED) is 0.675. The van der Waals surface area contributed by atoms with E-state index in [1.165, 1.54) is 12.1 Å². The Bertz CT molecular complexity index is 1070. The molecular formula is C20H17ClN4O2. The molecule has 6 nitrogen and oxygen atoms in total. The number of carbonyl (C=O) groups is 1. The Labute approximate surface area is 160 Å². The minimum absolute atomic E-state index is 0.214. The summed E-state index contributed by atoms with van der Waals surface area (Å²) in [6.07, 6.45) is 1.16. The minimum Gasteiger partial charge on any atom is -0.320 e. The number of nitrogens with zero attached hydrogens (tertiary/aromatic N) is 2. The molecule has 0 fully saturated rings. The summed E-state index contributed by atoms with van der Waals surface area (Å²) in [5.74, 6) is -0.622. The van der Waals surface area contributed by atoms with Crippen molar-refractivity contribution in [2.24, 2.45) is 0 Å². The van der Waals surface area contributed by atoms with Crippen molar-refractivity contribution in [3.8, 4) is 5.69 Å². The summed E-state index contributed by atoms with van der Waals surface area (Å²) < 4.78 is 1.55. The standard InChI is InChI=1S/C20H17ClN4O2/c1-12-8-14(10-17(21)16(12)11-22)23-20(27)19-18(26)9-13(2)25(24-19)15-6-4-3-5-7-15/h3-11,22H,1-2H3,(H,23,27). The number of nitrogens with one attached hydrogen (secondary N) is 2. The van der Waals surface area contributed by atoms with Gasteiger partial charge in [-0.1, -0.05) is 29.8 Å². The molecule has 2 N–H and O–H groups in total. The summed E-state index contributed by atoms with van der Waals surface area (Å²) in [6.45, 7) is 3.54. The summed E-state index contributed by atoms with van der Waals surface area (Å²) in [5, 5.41) is 14.6. The Morgan fingerprint density at radius 3 is 2.52 bits per heavy atom. The van der Waals surface area contributed by atoms with Crippen molar-refractivity contribution in [1.29, 1.82) is 5.41 Å². The van der Waals surface area contributed by atoms with Gasteiger partial charge in [-0.15, -0.1) is 0 Å². The molecule has 0 aliphatic carbocycles. The fraction of sp³-hybridized carbons (Fsp3) is 0.100. The van der Waals surface area contributed by atoms with Crippen molar-refractivity contribution in [2.75, 3.05) is 5.32 Å². The zero-order valence-corrected chi connectivity index (χ0v) is 15.5. The summed E-state index contributed by atoms with van der Waals surface area (Å²) >= 11 is 6.14. The molecule has 0 unspecified atom stereocenters. The van der Waals surface area contributed by atoms with E-state index in [1.807, 2.05) is 30.3 Å². The van der Waals surface area contributed by atoms with Crippen LogP contribution in [0.5, 0.6) is 0 Å². The Hall–Kier alpha value is -3.25. The molecule has 0 spiro atoms. The molecule has 0 aliphatic heterocycles. The van der Waals surface area contributed by atoms with Gasteiger partial charge in [0.05, 0.1) is 10.7 Å². The number of anilines is 1. The predicted molar refractivity (Wildman–Crippen MR) is 107 cm³/mol. The maximum absolute atomic E-state index is 12.6. The lowest BCUT2D eigenvalue weighted by Crippen LogP contribution is -2.27. The number of hydrogen-bond acceptors (Lipinski definition) is 4. The van der Waals surface area contributed by atoms with Crippen molar-refractivity contribution in [3.63, 3.8) is 0 Å². The fourth-order valence-electron chi connectivity index (χ4n) is 2.74. The van der Waals surface area contributed by atoms with Gasteiger partial charge in [-0.3, -0.25) is 9.59 Å². The molecule has 0 radical (unpaired) electrons. The minimum atomic E-state index is -0.622. The monoisotopic (exact) mass is 380 g/mol. The maximum atomic E-state index is 12.6. The van der Waals surface area contributed by atoms with Gasteiger partial charge in [0.15, 0.2) is 5.69 Å². The Kier molecular flexibility index (Phi) is 5.19. The SMILES string of the molecule is Cc1cc(NC(=O)c2nn(-c3ccccc3)c(C)cc2=O)cc(Cl)c1C=N. The van der Waals surface area contributed by atoms with Crippen LogP contribution in [0.3, 0.4) is 0 Å². The van der Waals surface area contributed by atoms with Gasteiger partial charge in [-0.05, 0) is 43.7 Å². The van der Waals surface area contributed by atoms with Gasteiger partial charge in [0, 0.05) is 29.2 Å². The average Bonchev–Trinajstić information content (AvgIpc) is 2.62. The van der Waals surface area contributed by atoms with Gasteiger partial charge in [-0.25, -0.2) is 4.68 Å². The normalized spacial score (nSPS) is 10.5. The van der Waals surface area contributed by atoms with E-state index in [0.29, 0.717) is 22.0 Å². The van der Waals surface area contributed by atoms with E-state index in [0.717, 1.165) is 17.5 Å². The van der Waals surface area contributed by atoms with E-state index >= 15 is 0 Å². The lowest BCUT2D eigenvalue weighted by Gasteiger charge is -2.12. The molecule has 0 saturated carbocycles. The van der Waals surface area contributed by atoms with Crippen LogP contribution in [0.25, 0.3) is 5.69 Å². The zero-order valence-electron chi connectivity index (χ0n) is 14.8. The number of aromatic nitrogens is 2. The molecule has 1 aromatic heterocycles. The van der Waals surface area contributed by atoms with E-state index in [-0.39, 0.29) is 5.69 Å². The molecule has 0 aliphatic rings. The van der Waals surface area contributed by atoms with Crippen LogP contribution in [0.4, 0.5) is 5.69 Å². The summed E-state index contributed by atoms with van der Waals surface area (Å²) in [7, 11) is 0. The third kappa shape index (κ3) is 3.80. The molecule has 136 valence electrons. The molecular weight excluding hydrogens is 364 g/mol. The number of carbonyl (C=O) groups excluding carboxylic acids is 1. The van der Waals surface area contributed by atoms with Gasteiger partial charge >= 0.3 is 0 Å². The van der Waals surface area contributed by atoms with E-state index < -0.39 is 11.3 Å². The van der Waals surface area contributed by atoms with Crippen LogP contribution < -0.4 is 10.7 Å². The number of rotatable bonds is 4. The number of benzene rings is 2. The van der Waals surface area contributed by atoms with Crippen LogP contribution >= 0.6 is 11.6 Å². The molecule has 1 amide bonds. The van der Waals surface area contributed by atoms with Gasteiger partial charge in [0.2, 0.25) is 5.43 Å².